The third kappa shape index (κ3) is 7.63. The second-order valence-corrected chi connectivity index (χ2v) is 12.8. The van der Waals surface area contributed by atoms with Crippen molar-refractivity contribution in [3.05, 3.63) is 168 Å². The molecule has 0 radical (unpaired) electrons. The minimum Gasteiger partial charge on any atom is -0.505 e. The average Bonchev–Trinajstić information content (AvgIpc) is 3.16. The van der Waals surface area contributed by atoms with Gasteiger partial charge in [0.25, 0.3) is 6.29 Å². The number of anilines is 4. The van der Waals surface area contributed by atoms with E-state index >= 15 is 0 Å². The number of rotatable bonds is 9. The number of phenols is 2. The predicted molar refractivity (Wildman–Crippen MR) is 204 cm³/mol. The van der Waals surface area contributed by atoms with E-state index in [1.165, 1.54) is 0 Å². The second kappa shape index (κ2) is 16.0. The summed E-state index contributed by atoms with van der Waals surface area (Å²) in [5.74, 6) is -1.67. The fraction of sp³-hybridized carbons (Fsp3) is 0.143. The molecule has 0 fully saturated rings. The third-order valence-corrected chi connectivity index (χ3v) is 9.32. The van der Waals surface area contributed by atoms with Gasteiger partial charge in [-0.2, -0.15) is 26.3 Å². The molecule has 6 rings (SSSR count). The van der Waals surface area contributed by atoms with Gasteiger partial charge in [-0.1, -0.05) is 109 Å². The number of alkyl halides is 6. The lowest BCUT2D eigenvalue weighted by Crippen LogP contribution is -2.54. The van der Waals surface area contributed by atoms with Gasteiger partial charge in [0.15, 0.2) is 0 Å². The van der Waals surface area contributed by atoms with E-state index in [2.05, 4.69) is 31.2 Å². The maximum absolute atomic E-state index is 13.8. The average molecular weight is 777 g/mol. The van der Waals surface area contributed by atoms with Gasteiger partial charge in [0, 0.05) is 11.1 Å². The Hall–Kier alpha value is -6.70. The lowest BCUT2D eigenvalue weighted by molar-refractivity contribution is -0.289. The first-order chi connectivity index (χ1) is 26.4. The third-order valence-electron chi connectivity index (χ3n) is 9.32. The van der Waals surface area contributed by atoms with Crippen LogP contribution in [0.5, 0.6) is 23.0 Å². The summed E-state index contributed by atoms with van der Waals surface area (Å²) in [4.78, 5) is 0. The van der Waals surface area contributed by atoms with Gasteiger partial charge in [-0.25, -0.2) is 0 Å². The summed E-state index contributed by atoms with van der Waals surface area (Å²) in [6.07, 6.45) is -12.7. The topological polar surface area (TPSA) is 163 Å². The molecule has 0 amide bonds. The fourth-order valence-electron chi connectivity index (χ4n) is 6.32. The van der Waals surface area contributed by atoms with Crippen molar-refractivity contribution in [1.82, 2.24) is 0 Å². The van der Waals surface area contributed by atoms with Crippen molar-refractivity contribution < 1.29 is 46.0 Å². The summed E-state index contributed by atoms with van der Waals surface area (Å²) in [5.41, 5.74) is 16.3. The highest BCUT2D eigenvalue weighted by atomic mass is 19.4. The molecule has 6 aromatic rings. The molecule has 0 aliphatic heterocycles. The lowest BCUT2D eigenvalue weighted by Gasteiger charge is -2.39. The number of halogens is 6. The summed E-state index contributed by atoms with van der Waals surface area (Å²) < 4.78 is 96.0. The maximum Gasteiger partial charge on any atom is 0.411 e. The Kier molecular flexibility index (Phi) is 11.5. The van der Waals surface area contributed by atoms with Crippen LogP contribution >= 0.6 is 0 Å². The Morgan fingerprint density at radius 2 is 0.768 bits per heavy atom. The molecule has 0 aromatic heterocycles. The SMILES string of the molecule is CC(c1ccccc1)(c1ccccc1)C(Oc1ccccc1N)Oc1ccccc1N.Nc1cccc(C(c2cccc(N)c2O)(C(F)(F)F)C(F)(F)F)c1O. The molecule has 56 heavy (non-hydrogen) atoms. The fourth-order valence-corrected chi connectivity index (χ4v) is 6.32. The number of nitrogens with two attached hydrogens (primary N) is 4. The monoisotopic (exact) mass is 776 g/mol. The first-order valence-electron chi connectivity index (χ1n) is 16.9. The highest BCUT2D eigenvalue weighted by Crippen LogP contribution is 2.60. The normalized spacial score (nSPS) is 12.1. The van der Waals surface area contributed by atoms with Crippen LogP contribution in [0.4, 0.5) is 49.1 Å². The van der Waals surface area contributed by atoms with Crippen LogP contribution < -0.4 is 32.4 Å². The minimum atomic E-state index is -5.98. The predicted octanol–water partition coefficient (Wildman–Crippen LogP) is 9.31. The Balaban J connectivity index is 0.000000220. The Morgan fingerprint density at radius 1 is 0.446 bits per heavy atom. The van der Waals surface area contributed by atoms with Crippen LogP contribution in [0.25, 0.3) is 0 Å². The molecule has 0 heterocycles. The van der Waals surface area contributed by atoms with Crippen molar-refractivity contribution in [2.75, 3.05) is 22.9 Å². The zero-order chi connectivity index (χ0) is 40.9. The maximum atomic E-state index is 13.8. The summed E-state index contributed by atoms with van der Waals surface area (Å²) >= 11 is 0. The standard InChI is InChI=1S/C27H26N2O2.C15H12F6N2O2/c1-27(20-12-4-2-5-13-20,21-14-6-3-7-15-21)26(30-24-18-10-8-16-22(24)28)31-25-19-11-9-17-23(25)29;16-14(17,18)13(15(19,20)21,7-3-1-5-9(22)11(7)24)8-4-2-6-10(23)12(8)25/h2-19,26H,28-29H2,1H3;1-6,24-25H,22-23H2. The van der Waals surface area contributed by atoms with Crippen molar-refractivity contribution in [2.24, 2.45) is 0 Å². The number of phenolic OH excluding ortho intramolecular Hbond substituents is 2. The van der Waals surface area contributed by atoms with Crippen LogP contribution in [0.15, 0.2) is 146 Å². The molecular weight excluding hydrogens is 738 g/mol. The number of ether oxygens (including phenoxy) is 2. The molecule has 0 atom stereocenters. The van der Waals surface area contributed by atoms with Gasteiger partial charge in [0.05, 0.1) is 28.2 Å². The Morgan fingerprint density at radius 3 is 1.11 bits per heavy atom. The van der Waals surface area contributed by atoms with E-state index in [9.17, 15) is 36.6 Å². The molecule has 14 heteroatoms. The van der Waals surface area contributed by atoms with E-state index in [0.29, 0.717) is 35.0 Å². The Bertz CT molecular complexity index is 2100. The van der Waals surface area contributed by atoms with Crippen LogP contribution in [-0.2, 0) is 10.8 Å². The summed E-state index contributed by atoms with van der Waals surface area (Å²) in [5, 5.41) is 19.7. The van der Waals surface area contributed by atoms with Crippen LogP contribution in [0.2, 0.25) is 0 Å². The van der Waals surface area contributed by atoms with E-state index < -0.39 is 63.5 Å². The lowest BCUT2D eigenvalue weighted by atomic mass is 9.71. The minimum absolute atomic E-state index is 0.440. The van der Waals surface area contributed by atoms with Gasteiger partial charge in [0.1, 0.15) is 23.0 Å². The molecule has 0 saturated carbocycles. The van der Waals surface area contributed by atoms with Crippen molar-refractivity contribution >= 4 is 22.7 Å². The van der Waals surface area contributed by atoms with E-state index in [4.69, 9.17) is 32.4 Å². The highest BCUT2D eigenvalue weighted by molar-refractivity contribution is 5.67. The molecular formula is C42H38F6N4O4. The summed E-state index contributed by atoms with van der Waals surface area (Å²) in [6.45, 7) is 2.11. The van der Waals surface area contributed by atoms with Crippen molar-refractivity contribution in [1.29, 1.82) is 0 Å². The molecule has 8 nitrogen and oxygen atoms in total. The van der Waals surface area contributed by atoms with E-state index in [0.717, 1.165) is 35.4 Å². The van der Waals surface area contributed by atoms with E-state index in [1.807, 2.05) is 84.9 Å². The van der Waals surface area contributed by atoms with Gasteiger partial charge >= 0.3 is 12.4 Å². The smallest absolute Gasteiger partial charge is 0.411 e. The quantitative estimate of drug-likeness (QED) is 0.0366. The van der Waals surface area contributed by atoms with Crippen LogP contribution in [-0.4, -0.2) is 28.9 Å². The zero-order valence-electron chi connectivity index (χ0n) is 29.7. The number of nitrogen functional groups attached to an aromatic ring is 4. The number of hydrogen-bond donors (Lipinski definition) is 6. The van der Waals surface area contributed by atoms with Crippen LogP contribution in [0, 0.1) is 0 Å². The molecule has 10 N–H and O–H groups in total. The van der Waals surface area contributed by atoms with Gasteiger partial charge in [-0.05, 0) is 54.4 Å². The molecule has 0 aliphatic carbocycles. The van der Waals surface area contributed by atoms with E-state index in [-0.39, 0.29) is 0 Å². The first kappa shape index (κ1) is 40.5. The summed E-state index contributed by atoms with van der Waals surface area (Å²) in [7, 11) is 0. The highest BCUT2D eigenvalue weighted by Gasteiger charge is 2.74. The Labute approximate surface area is 318 Å². The van der Waals surface area contributed by atoms with Gasteiger partial charge < -0.3 is 42.6 Å². The van der Waals surface area contributed by atoms with Crippen molar-refractivity contribution in [3.63, 3.8) is 0 Å². The van der Waals surface area contributed by atoms with Gasteiger partial charge in [-0.15, -0.1) is 0 Å². The molecule has 6 aromatic carbocycles. The molecule has 0 aliphatic rings. The second-order valence-electron chi connectivity index (χ2n) is 12.8. The van der Waals surface area contributed by atoms with Crippen molar-refractivity contribution in [2.45, 2.75) is 36.4 Å². The van der Waals surface area contributed by atoms with Crippen LogP contribution in [0.1, 0.15) is 29.2 Å². The van der Waals surface area contributed by atoms with Gasteiger partial charge in [-0.3, -0.25) is 0 Å². The van der Waals surface area contributed by atoms with Gasteiger partial charge in [0.2, 0.25) is 5.41 Å². The first-order valence-corrected chi connectivity index (χ1v) is 16.9. The number of aromatic hydroxyl groups is 2. The van der Waals surface area contributed by atoms with E-state index in [1.54, 1.807) is 0 Å². The van der Waals surface area contributed by atoms with Crippen LogP contribution in [0.3, 0.4) is 0 Å². The molecule has 0 unspecified atom stereocenters. The number of benzene rings is 6. The largest absolute Gasteiger partial charge is 0.505 e. The molecule has 0 saturated heterocycles. The zero-order valence-corrected chi connectivity index (χ0v) is 29.7. The number of hydrogen-bond acceptors (Lipinski definition) is 8. The van der Waals surface area contributed by atoms with Crippen molar-refractivity contribution in [3.8, 4) is 23.0 Å². The summed E-state index contributed by atoms with van der Waals surface area (Å²) in [6, 6.07) is 39.6. The molecule has 292 valence electrons. The number of para-hydroxylation sites is 6. The molecule has 0 spiro atoms. The molecule has 0 bridgehead atoms.